The molecule has 0 aromatic carbocycles. The zero-order chi connectivity index (χ0) is 13.5. The van der Waals surface area contributed by atoms with Gasteiger partial charge >= 0.3 is 5.97 Å². The summed E-state index contributed by atoms with van der Waals surface area (Å²) >= 11 is 1.34. The minimum atomic E-state index is -0.681. The van der Waals surface area contributed by atoms with Crippen molar-refractivity contribution < 1.29 is 9.53 Å². The van der Waals surface area contributed by atoms with Crippen molar-refractivity contribution >= 4 is 22.3 Å². The molecule has 1 aromatic heterocycles. The van der Waals surface area contributed by atoms with Crippen LogP contribution in [0.2, 0.25) is 0 Å². The third-order valence-electron chi connectivity index (χ3n) is 2.05. The molecule has 0 atom stereocenters. The highest BCUT2D eigenvalue weighted by molar-refractivity contribution is 7.14. The highest BCUT2D eigenvalue weighted by atomic mass is 32.1. The number of ether oxygens (including phenoxy) is 1. The fraction of sp³-hybridized carbons (Fsp3) is 0.250. The van der Waals surface area contributed by atoms with Crippen molar-refractivity contribution in [2.24, 2.45) is 0 Å². The molecule has 6 heteroatoms. The lowest BCUT2D eigenvalue weighted by molar-refractivity contribution is -0.138. The van der Waals surface area contributed by atoms with Crippen molar-refractivity contribution in [2.45, 2.75) is 13.8 Å². The van der Waals surface area contributed by atoms with Crippen molar-refractivity contribution in [1.82, 2.24) is 0 Å². The van der Waals surface area contributed by atoms with Gasteiger partial charge in [-0.3, -0.25) is 0 Å². The van der Waals surface area contributed by atoms with E-state index in [0.29, 0.717) is 10.6 Å². The monoisotopic (exact) mass is 261 g/mol. The second kappa shape index (κ2) is 6.43. The van der Waals surface area contributed by atoms with Crippen molar-refractivity contribution in [3.63, 3.8) is 0 Å². The first kappa shape index (κ1) is 13.8. The predicted molar refractivity (Wildman–Crippen MR) is 67.7 cm³/mol. The Balaban J connectivity index is 2.88. The summed E-state index contributed by atoms with van der Waals surface area (Å²) in [6.07, 6.45) is 1.25. The Morgan fingerprint density at radius 3 is 2.89 bits per heavy atom. The molecule has 0 aliphatic rings. The van der Waals surface area contributed by atoms with Crippen LogP contribution in [0.25, 0.3) is 0 Å². The van der Waals surface area contributed by atoms with E-state index in [9.17, 15) is 4.79 Å². The SMILES string of the molecule is CCOC(=O)/C(C#N)=C/Nc1scc(C)c1C#N. The Bertz CT molecular complexity index is 561. The second-order valence-corrected chi connectivity index (χ2v) is 4.15. The van der Waals surface area contributed by atoms with Crippen LogP contribution in [0, 0.1) is 29.6 Å². The minimum absolute atomic E-state index is 0.133. The molecule has 0 unspecified atom stereocenters. The number of rotatable bonds is 4. The topological polar surface area (TPSA) is 85.9 Å². The molecule has 0 radical (unpaired) electrons. The fourth-order valence-corrected chi connectivity index (χ4v) is 2.04. The number of nitriles is 2. The number of hydrogen-bond donors (Lipinski definition) is 1. The van der Waals surface area contributed by atoms with Crippen molar-refractivity contribution in [1.29, 1.82) is 10.5 Å². The molecule has 0 spiro atoms. The number of nitrogens with one attached hydrogen (secondary N) is 1. The number of carbonyl (C=O) groups is 1. The average Bonchev–Trinajstić information content (AvgIpc) is 2.71. The van der Waals surface area contributed by atoms with Crippen LogP contribution >= 0.6 is 11.3 Å². The first-order valence-corrected chi connectivity index (χ1v) is 6.04. The van der Waals surface area contributed by atoms with Crippen LogP contribution < -0.4 is 5.32 Å². The highest BCUT2D eigenvalue weighted by Gasteiger charge is 2.11. The summed E-state index contributed by atoms with van der Waals surface area (Å²) in [4.78, 5) is 11.3. The number of hydrogen-bond acceptors (Lipinski definition) is 6. The molecule has 1 heterocycles. The molecule has 5 nitrogen and oxygen atoms in total. The number of carbonyl (C=O) groups excluding carboxylic acids is 1. The Morgan fingerprint density at radius 1 is 1.61 bits per heavy atom. The van der Waals surface area contributed by atoms with Gasteiger partial charge in [0.1, 0.15) is 17.1 Å². The molecular weight excluding hydrogens is 250 g/mol. The number of anilines is 1. The lowest BCUT2D eigenvalue weighted by Crippen LogP contribution is -2.07. The quantitative estimate of drug-likeness (QED) is 0.510. The average molecular weight is 261 g/mol. The van der Waals surface area contributed by atoms with E-state index in [2.05, 4.69) is 11.4 Å². The summed E-state index contributed by atoms with van der Waals surface area (Å²) in [6, 6.07) is 3.81. The standard InChI is InChI=1S/C12H11N3O2S/c1-3-17-12(16)9(4-13)6-15-11-10(5-14)8(2)7-18-11/h6-7,15H,3H2,1-2H3/b9-6+. The lowest BCUT2D eigenvalue weighted by Gasteiger charge is -2.01. The molecule has 0 fully saturated rings. The van der Waals surface area contributed by atoms with Crippen LogP contribution in [0.4, 0.5) is 5.00 Å². The van der Waals surface area contributed by atoms with Gasteiger partial charge in [0.25, 0.3) is 0 Å². The molecule has 0 saturated heterocycles. The number of esters is 1. The maximum atomic E-state index is 11.3. The number of nitrogens with zero attached hydrogens (tertiary/aromatic N) is 2. The van der Waals surface area contributed by atoms with E-state index in [4.69, 9.17) is 15.3 Å². The van der Waals surface area contributed by atoms with E-state index in [1.54, 1.807) is 13.0 Å². The van der Waals surface area contributed by atoms with Crippen LogP contribution in [0.1, 0.15) is 18.1 Å². The van der Waals surface area contributed by atoms with Crippen LogP contribution in [-0.2, 0) is 9.53 Å². The summed E-state index contributed by atoms with van der Waals surface area (Å²) in [5.74, 6) is -0.681. The Morgan fingerprint density at radius 2 is 2.33 bits per heavy atom. The van der Waals surface area contributed by atoms with E-state index < -0.39 is 5.97 Å². The molecule has 1 rings (SSSR count). The highest BCUT2D eigenvalue weighted by Crippen LogP contribution is 2.26. The first-order valence-electron chi connectivity index (χ1n) is 5.16. The summed E-state index contributed by atoms with van der Waals surface area (Å²) in [5, 5.41) is 23.0. The summed E-state index contributed by atoms with van der Waals surface area (Å²) in [6.45, 7) is 3.69. The van der Waals surface area contributed by atoms with Gasteiger partial charge in [0.05, 0.1) is 12.2 Å². The zero-order valence-corrected chi connectivity index (χ0v) is 10.8. The van der Waals surface area contributed by atoms with E-state index in [-0.39, 0.29) is 12.2 Å². The van der Waals surface area contributed by atoms with E-state index in [0.717, 1.165) is 5.56 Å². The van der Waals surface area contributed by atoms with Crippen molar-refractivity contribution in [3.8, 4) is 12.1 Å². The molecule has 1 N–H and O–H groups in total. The normalized spacial score (nSPS) is 10.3. The Hall–Kier alpha value is -2.31. The number of aryl methyl sites for hydroxylation is 1. The zero-order valence-electron chi connectivity index (χ0n) is 9.98. The maximum Gasteiger partial charge on any atom is 0.350 e. The number of thiophene rings is 1. The molecular formula is C12H11N3O2S. The van der Waals surface area contributed by atoms with E-state index in [1.165, 1.54) is 17.5 Å². The van der Waals surface area contributed by atoms with Crippen molar-refractivity contribution in [2.75, 3.05) is 11.9 Å². The summed E-state index contributed by atoms with van der Waals surface area (Å²) < 4.78 is 4.71. The molecule has 1 aromatic rings. The fourth-order valence-electron chi connectivity index (χ4n) is 1.17. The van der Waals surface area contributed by atoms with Crippen LogP contribution in [-0.4, -0.2) is 12.6 Å². The van der Waals surface area contributed by atoms with Gasteiger partial charge in [-0.25, -0.2) is 4.79 Å². The molecule has 92 valence electrons. The van der Waals surface area contributed by atoms with Gasteiger partial charge in [-0.15, -0.1) is 11.3 Å². The Kier molecular flexibility index (Phi) is 4.91. The van der Waals surface area contributed by atoms with Crippen LogP contribution in [0.15, 0.2) is 17.2 Å². The van der Waals surface area contributed by atoms with Gasteiger partial charge in [0, 0.05) is 6.20 Å². The van der Waals surface area contributed by atoms with Gasteiger partial charge in [-0.1, -0.05) is 0 Å². The third kappa shape index (κ3) is 3.09. The molecule has 0 aliphatic heterocycles. The van der Waals surface area contributed by atoms with E-state index >= 15 is 0 Å². The Labute approximate surface area is 109 Å². The van der Waals surface area contributed by atoms with Gasteiger partial charge in [0.2, 0.25) is 0 Å². The molecule has 18 heavy (non-hydrogen) atoms. The minimum Gasteiger partial charge on any atom is -0.462 e. The van der Waals surface area contributed by atoms with Crippen molar-refractivity contribution in [3.05, 3.63) is 28.3 Å². The first-order chi connectivity index (χ1) is 8.63. The second-order valence-electron chi connectivity index (χ2n) is 3.27. The summed E-state index contributed by atoms with van der Waals surface area (Å²) in [7, 11) is 0. The molecule has 0 bridgehead atoms. The smallest absolute Gasteiger partial charge is 0.350 e. The van der Waals surface area contributed by atoms with Gasteiger partial charge < -0.3 is 10.1 Å². The van der Waals surface area contributed by atoms with E-state index in [1.807, 2.05) is 12.3 Å². The molecule has 0 aliphatic carbocycles. The summed E-state index contributed by atoms with van der Waals surface area (Å²) in [5.41, 5.74) is 1.23. The van der Waals surface area contributed by atoms with Gasteiger partial charge in [-0.05, 0) is 24.8 Å². The van der Waals surface area contributed by atoms with Gasteiger partial charge in [-0.2, -0.15) is 10.5 Å². The molecule has 0 saturated carbocycles. The molecule has 0 amide bonds. The third-order valence-corrected chi connectivity index (χ3v) is 3.08. The van der Waals surface area contributed by atoms with Gasteiger partial charge in [0.15, 0.2) is 5.57 Å². The lowest BCUT2D eigenvalue weighted by atomic mass is 10.2. The largest absolute Gasteiger partial charge is 0.462 e. The van der Waals surface area contributed by atoms with Crippen LogP contribution in [0.5, 0.6) is 0 Å². The van der Waals surface area contributed by atoms with Crippen LogP contribution in [0.3, 0.4) is 0 Å². The maximum absolute atomic E-state index is 11.3. The predicted octanol–water partition coefficient (Wildman–Crippen LogP) is 2.31.